The van der Waals surface area contributed by atoms with Crippen LogP contribution >= 0.6 is 0 Å². The topological polar surface area (TPSA) is 73.6 Å². The first-order valence-electron chi connectivity index (χ1n) is 5.91. The fourth-order valence-corrected chi connectivity index (χ4v) is 2.15. The number of amides is 1. The van der Waals surface area contributed by atoms with Crippen molar-refractivity contribution in [2.75, 3.05) is 18.2 Å². The number of anilines is 1. The van der Waals surface area contributed by atoms with Crippen molar-refractivity contribution in [2.24, 2.45) is 0 Å². The monoisotopic (exact) mass is 286 g/mol. The highest BCUT2D eigenvalue weighted by atomic mass is 19.1. The lowest BCUT2D eigenvalue weighted by Crippen LogP contribution is -2.42. The van der Waals surface area contributed by atoms with Crippen LogP contribution in [0.15, 0.2) is 30.4 Å². The number of benzene rings is 1. The maximum absolute atomic E-state index is 13.4. The molecule has 1 aromatic rings. The van der Waals surface area contributed by atoms with Crippen molar-refractivity contribution in [2.45, 2.75) is 5.60 Å². The molecule has 0 aliphatic carbocycles. The van der Waals surface area contributed by atoms with Crippen LogP contribution in [-0.2, 0) is 15.1 Å². The van der Waals surface area contributed by atoms with Gasteiger partial charge in [-0.3, -0.25) is 9.69 Å². The number of carbonyl (C=O) groups excluding carboxylic acids is 1. The minimum Gasteiger partial charge on any atom is -0.371 e. The molecular formula is C15H11FN2O3. The summed E-state index contributed by atoms with van der Waals surface area (Å²) in [6.45, 7) is 3.13. The van der Waals surface area contributed by atoms with Crippen molar-refractivity contribution < 1.29 is 19.0 Å². The number of fused-ring (bicyclic) bond motifs is 1. The zero-order valence-corrected chi connectivity index (χ0v) is 11.0. The van der Waals surface area contributed by atoms with Gasteiger partial charge in [-0.15, -0.1) is 6.42 Å². The molecule has 0 radical (unpaired) electrons. The molecule has 1 heterocycles. The summed E-state index contributed by atoms with van der Waals surface area (Å²) in [7, 11) is 0. The van der Waals surface area contributed by atoms with Crippen LogP contribution in [0, 0.1) is 29.5 Å². The second kappa shape index (κ2) is 5.37. The number of nitriles is 1. The van der Waals surface area contributed by atoms with Crippen LogP contribution in [0.2, 0.25) is 0 Å². The van der Waals surface area contributed by atoms with Gasteiger partial charge in [0, 0.05) is 5.56 Å². The highest BCUT2D eigenvalue weighted by Gasteiger charge is 2.52. The van der Waals surface area contributed by atoms with Gasteiger partial charge < -0.3 is 9.84 Å². The second-order valence-corrected chi connectivity index (χ2v) is 4.38. The molecule has 0 saturated carbocycles. The highest BCUT2D eigenvalue weighted by Crippen LogP contribution is 2.44. The lowest BCUT2D eigenvalue weighted by atomic mass is 9.89. The summed E-state index contributed by atoms with van der Waals surface area (Å²) in [5, 5.41) is 19.5. The van der Waals surface area contributed by atoms with E-state index >= 15 is 0 Å². The molecule has 1 aliphatic rings. The quantitative estimate of drug-likeness (QED) is 0.510. The molecule has 1 amide bonds. The Morgan fingerprint density at radius 1 is 1.62 bits per heavy atom. The van der Waals surface area contributed by atoms with E-state index in [1.165, 1.54) is 6.07 Å². The molecule has 0 fully saturated rings. The molecule has 1 atom stereocenters. The lowest BCUT2D eigenvalue weighted by Gasteiger charge is -2.21. The highest BCUT2D eigenvalue weighted by molar-refractivity contribution is 6.09. The Bertz CT molecular complexity index is 702. The lowest BCUT2D eigenvalue weighted by molar-refractivity contribution is -0.133. The van der Waals surface area contributed by atoms with Crippen molar-refractivity contribution in [1.82, 2.24) is 0 Å². The van der Waals surface area contributed by atoms with E-state index in [0.29, 0.717) is 0 Å². The number of hydrogen-bond acceptors (Lipinski definition) is 4. The van der Waals surface area contributed by atoms with E-state index in [2.05, 4.69) is 12.5 Å². The van der Waals surface area contributed by atoms with Gasteiger partial charge in [-0.05, 0) is 18.2 Å². The van der Waals surface area contributed by atoms with E-state index in [4.69, 9.17) is 16.4 Å². The number of carbonyl (C=O) groups is 1. The summed E-state index contributed by atoms with van der Waals surface area (Å²) in [6, 6.07) is 5.10. The smallest absolute Gasteiger partial charge is 0.271 e. The zero-order chi connectivity index (χ0) is 15.6. The summed E-state index contributed by atoms with van der Waals surface area (Å²) in [6.07, 6.45) is 5.05. The molecule has 0 bridgehead atoms. The third kappa shape index (κ3) is 2.17. The van der Waals surface area contributed by atoms with Crippen LogP contribution in [0.5, 0.6) is 0 Å². The van der Waals surface area contributed by atoms with Crippen LogP contribution in [-0.4, -0.2) is 24.4 Å². The SMILES string of the molecule is C#CCOCN1C(=O)C(O)(C(=C)C#N)c2cc(F)ccc21. The van der Waals surface area contributed by atoms with E-state index in [1.54, 1.807) is 6.07 Å². The molecule has 1 N–H and O–H groups in total. The van der Waals surface area contributed by atoms with Gasteiger partial charge in [-0.25, -0.2) is 4.39 Å². The number of rotatable bonds is 4. The maximum atomic E-state index is 13.4. The molecule has 0 aromatic heterocycles. The van der Waals surface area contributed by atoms with Crippen LogP contribution < -0.4 is 4.90 Å². The average Bonchev–Trinajstić information content (AvgIpc) is 2.69. The Balaban J connectivity index is 2.51. The van der Waals surface area contributed by atoms with Gasteiger partial charge in [0.1, 0.15) is 19.2 Å². The first kappa shape index (κ1) is 14.7. The van der Waals surface area contributed by atoms with E-state index in [-0.39, 0.29) is 24.6 Å². The molecular weight excluding hydrogens is 275 g/mol. The zero-order valence-electron chi connectivity index (χ0n) is 11.0. The Morgan fingerprint density at radius 2 is 2.33 bits per heavy atom. The molecule has 6 heteroatoms. The molecule has 0 spiro atoms. The summed E-state index contributed by atoms with van der Waals surface area (Å²) < 4.78 is 18.5. The number of hydrogen-bond donors (Lipinski definition) is 1. The van der Waals surface area contributed by atoms with Gasteiger partial charge in [0.05, 0.1) is 17.3 Å². The van der Waals surface area contributed by atoms with E-state index in [0.717, 1.165) is 17.0 Å². The summed E-state index contributed by atoms with van der Waals surface area (Å²) in [5.74, 6) is 0.773. The van der Waals surface area contributed by atoms with Gasteiger partial charge in [0.15, 0.2) is 0 Å². The van der Waals surface area contributed by atoms with Gasteiger partial charge in [0.2, 0.25) is 5.60 Å². The van der Waals surface area contributed by atoms with Crippen LogP contribution in [0.4, 0.5) is 10.1 Å². The van der Waals surface area contributed by atoms with Crippen LogP contribution in [0.3, 0.4) is 0 Å². The number of nitrogens with zero attached hydrogens (tertiary/aromatic N) is 2. The van der Waals surface area contributed by atoms with E-state index in [1.807, 2.05) is 0 Å². The van der Waals surface area contributed by atoms with Gasteiger partial charge in [-0.2, -0.15) is 5.26 Å². The number of halogens is 1. The maximum Gasteiger partial charge on any atom is 0.271 e. The molecule has 5 nitrogen and oxygen atoms in total. The first-order valence-corrected chi connectivity index (χ1v) is 5.91. The minimum atomic E-state index is -2.29. The average molecular weight is 286 g/mol. The van der Waals surface area contributed by atoms with Crippen LogP contribution in [0.1, 0.15) is 5.56 Å². The fourth-order valence-electron chi connectivity index (χ4n) is 2.15. The fraction of sp³-hybridized carbons (Fsp3) is 0.200. The third-order valence-electron chi connectivity index (χ3n) is 3.17. The van der Waals surface area contributed by atoms with Crippen molar-refractivity contribution in [3.63, 3.8) is 0 Å². The molecule has 1 unspecified atom stereocenters. The molecule has 1 aliphatic heterocycles. The number of aliphatic hydroxyl groups is 1. The standard InChI is InChI=1S/C15H11FN2O3/c1-3-6-21-9-18-13-5-4-11(16)7-12(13)15(20,14(18)19)10(2)8-17/h1,4-5,7,20H,2,6,9H2. The predicted octanol–water partition coefficient (Wildman–Crippen LogP) is 1.05. The van der Waals surface area contributed by atoms with Crippen molar-refractivity contribution >= 4 is 11.6 Å². The number of ether oxygens (including phenoxy) is 1. The van der Waals surface area contributed by atoms with Gasteiger partial charge in [0.25, 0.3) is 5.91 Å². The third-order valence-corrected chi connectivity index (χ3v) is 3.17. The van der Waals surface area contributed by atoms with Crippen molar-refractivity contribution in [1.29, 1.82) is 5.26 Å². The normalized spacial score (nSPS) is 19.8. The minimum absolute atomic E-state index is 0.0298. The molecule has 106 valence electrons. The summed E-state index contributed by atoms with van der Waals surface area (Å²) in [5.41, 5.74) is -2.47. The Hall–Kier alpha value is -2.67. The molecule has 21 heavy (non-hydrogen) atoms. The summed E-state index contributed by atoms with van der Waals surface area (Å²) in [4.78, 5) is 13.5. The van der Waals surface area contributed by atoms with Gasteiger partial charge >= 0.3 is 0 Å². The largest absolute Gasteiger partial charge is 0.371 e. The predicted molar refractivity (Wildman–Crippen MR) is 72.2 cm³/mol. The molecule has 2 rings (SSSR count). The molecule has 0 saturated heterocycles. The Labute approximate surface area is 120 Å². The number of terminal acetylenes is 1. The van der Waals surface area contributed by atoms with Crippen molar-refractivity contribution in [3.8, 4) is 18.4 Å². The Morgan fingerprint density at radius 3 is 2.95 bits per heavy atom. The van der Waals surface area contributed by atoms with Crippen molar-refractivity contribution in [3.05, 3.63) is 41.7 Å². The van der Waals surface area contributed by atoms with E-state index < -0.39 is 22.9 Å². The van der Waals surface area contributed by atoms with Crippen LogP contribution in [0.25, 0.3) is 0 Å². The molecule has 1 aromatic carbocycles. The second-order valence-electron chi connectivity index (χ2n) is 4.38. The van der Waals surface area contributed by atoms with E-state index in [9.17, 15) is 14.3 Å². The Kier molecular flexibility index (Phi) is 3.77. The first-order chi connectivity index (χ1) is 9.96. The summed E-state index contributed by atoms with van der Waals surface area (Å²) >= 11 is 0. The van der Waals surface area contributed by atoms with Gasteiger partial charge in [-0.1, -0.05) is 12.5 Å².